The number of carbonyl (C=O) groups excluding carboxylic acids is 1. The van der Waals surface area contributed by atoms with Gasteiger partial charge in [0.1, 0.15) is 0 Å². The summed E-state index contributed by atoms with van der Waals surface area (Å²) in [4.78, 5) is 11.1. The number of ketones is 1. The molecule has 1 radical (unpaired) electrons. The molecule has 0 aromatic carbocycles. The normalized spacial score (nSPS) is 10.9. The van der Waals surface area contributed by atoms with E-state index in [0.717, 1.165) is 19.3 Å². The van der Waals surface area contributed by atoms with Gasteiger partial charge in [-0.1, -0.05) is 19.8 Å². The second kappa shape index (κ2) is 9.46. The first-order valence-electron chi connectivity index (χ1n) is 5.01. The molecule has 0 atom stereocenters. The lowest BCUT2D eigenvalue weighted by molar-refractivity contribution is -0.114. The lowest BCUT2D eigenvalue weighted by atomic mass is 10.1. The lowest BCUT2D eigenvalue weighted by Gasteiger charge is -1.93. The first kappa shape index (κ1) is 12.4. The molecule has 0 aliphatic rings. The fourth-order valence-electron chi connectivity index (χ4n) is 0.989. The van der Waals surface area contributed by atoms with Crippen molar-refractivity contribution in [3.63, 3.8) is 0 Å². The van der Waals surface area contributed by atoms with Crippen LogP contribution in [0.3, 0.4) is 0 Å². The van der Waals surface area contributed by atoms with Crippen LogP contribution in [0.1, 0.15) is 45.4 Å². The summed E-state index contributed by atoms with van der Waals surface area (Å²) in [7, 11) is 0. The molecule has 1 N–H and O–H groups in total. The summed E-state index contributed by atoms with van der Waals surface area (Å²) in [6, 6.07) is 0. The number of hydrogen-bond acceptors (Lipinski definition) is 2. The van der Waals surface area contributed by atoms with E-state index in [-0.39, 0.29) is 12.4 Å². The van der Waals surface area contributed by atoms with Crippen molar-refractivity contribution in [2.24, 2.45) is 0 Å². The molecule has 0 amide bonds. The number of aliphatic hydroxyl groups is 1. The molecular weight excluding hydrogens is 164 g/mol. The second-order valence-corrected chi connectivity index (χ2v) is 3.10. The predicted octanol–water partition coefficient (Wildman–Crippen LogP) is 2.27. The van der Waals surface area contributed by atoms with Gasteiger partial charge < -0.3 is 5.11 Å². The molecule has 0 unspecified atom stereocenters. The first-order valence-corrected chi connectivity index (χ1v) is 5.01. The summed E-state index contributed by atoms with van der Waals surface area (Å²) in [6.07, 6.45) is 9.65. The fraction of sp³-hybridized carbons (Fsp3) is 0.727. The number of aliphatic hydroxyl groups excluding tert-OH is 1. The molecule has 0 aromatic rings. The van der Waals surface area contributed by atoms with E-state index in [1.807, 2.05) is 0 Å². The highest BCUT2D eigenvalue weighted by Crippen LogP contribution is 2.00. The number of unbranched alkanes of at least 4 members (excludes halogenated alkanes) is 3. The van der Waals surface area contributed by atoms with Gasteiger partial charge in [-0.25, -0.2) is 0 Å². The molecule has 0 rings (SSSR count). The maximum absolute atomic E-state index is 11.1. The fourth-order valence-corrected chi connectivity index (χ4v) is 0.989. The molecule has 13 heavy (non-hydrogen) atoms. The van der Waals surface area contributed by atoms with E-state index < -0.39 is 0 Å². The topological polar surface area (TPSA) is 37.3 Å². The Morgan fingerprint density at radius 3 is 2.77 bits per heavy atom. The minimum atomic E-state index is 0.159. The lowest BCUT2D eigenvalue weighted by Crippen LogP contribution is -1.92. The van der Waals surface area contributed by atoms with E-state index in [9.17, 15) is 4.79 Å². The summed E-state index contributed by atoms with van der Waals surface area (Å²) in [5.74, 6) is 0.159. The molecule has 0 saturated carbocycles. The van der Waals surface area contributed by atoms with Crippen molar-refractivity contribution in [1.29, 1.82) is 0 Å². The van der Waals surface area contributed by atoms with Gasteiger partial charge in [-0.3, -0.25) is 4.79 Å². The van der Waals surface area contributed by atoms with Crippen molar-refractivity contribution >= 4 is 5.78 Å². The van der Waals surface area contributed by atoms with Gasteiger partial charge in [0.2, 0.25) is 0 Å². The average molecular weight is 183 g/mol. The Kier molecular flexibility index (Phi) is 9.00. The van der Waals surface area contributed by atoms with E-state index in [2.05, 4.69) is 13.0 Å². The van der Waals surface area contributed by atoms with Crippen molar-refractivity contribution in [2.45, 2.75) is 45.4 Å². The zero-order valence-corrected chi connectivity index (χ0v) is 8.38. The SMILES string of the molecule is CCCCCC(=O)/C=[C]/CCCO. The Morgan fingerprint density at radius 1 is 1.38 bits per heavy atom. The minimum Gasteiger partial charge on any atom is -0.396 e. The van der Waals surface area contributed by atoms with Crippen LogP contribution in [0.25, 0.3) is 0 Å². The molecule has 0 saturated heterocycles. The summed E-state index contributed by atoms with van der Waals surface area (Å²) in [6.45, 7) is 2.29. The van der Waals surface area contributed by atoms with E-state index >= 15 is 0 Å². The van der Waals surface area contributed by atoms with Crippen LogP contribution in [-0.4, -0.2) is 17.5 Å². The molecule has 75 valence electrons. The van der Waals surface area contributed by atoms with Gasteiger partial charge in [0.05, 0.1) is 0 Å². The first-order chi connectivity index (χ1) is 6.31. The Morgan fingerprint density at radius 2 is 2.15 bits per heavy atom. The van der Waals surface area contributed by atoms with Crippen molar-refractivity contribution in [3.8, 4) is 0 Å². The molecule has 0 fully saturated rings. The monoisotopic (exact) mass is 183 g/mol. The minimum absolute atomic E-state index is 0.159. The summed E-state index contributed by atoms with van der Waals surface area (Å²) in [5.41, 5.74) is 0. The maximum Gasteiger partial charge on any atom is 0.155 e. The standard InChI is InChI=1S/C11H19O2/c1-2-3-5-8-11(13)9-6-4-7-10-12/h9,12H,2-5,7-8,10H2,1H3. The Balaban J connectivity index is 3.33. The van der Waals surface area contributed by atoms with Crippen molar-refractivity contribution in [3.05, 3.63) is 12.2 Å². The van der Waals surface area contributed by atoms with Gasteiger partial charge in [0, 0.05) is 13.0 Å². The molecule has 0 spiro atoms. The molecular formula is C11H19O2. The molecule has 0 aromatic heterocycles. The van der Waals surface area contributed by atoms with Gasteiger partial charge in [0.15, 0.2) is 5.78 Å². The van der Waals surface area contributed by atoms with Crippen LogP contribution in [-0.2, 0) is 4.79 Å². The van der Waals surface area contributed by atoms with Crippen LogP contribution >= 0.6 is 0 Å². The van der Waals surface area contributed by atoms with Gasteiger partial charge in [0.25, 0.3) is 0 Å². The zero-order valence-electron chi connectivity index (χ0n) is 8.38. The summed E-state index contributed by atoms with van der Waals surface area (Å²) < 4.78 is 0. The maximum atomic E-state index is 11.1. The van der Waals surface area contributed by atoms with E-state index in [1.54, 1.807) is 0 Å². The van der Waals surface area contributed by atoms with Crippen molar-refractivity contribution in [2.75, 3.05) is 6.61 Å². The largest absolute Gasteiger partial charge is 0.396 e. The zero-order chi connectivity index (χ0) is 9.94. The number of allylic oxidation sites excluding steroid dienone is 2. The molecule has 0 aliphatic heterocycles. The Bertz CT molecular complexity index is 150. The van der Waals surface area contributed by atoms with Crippen LogP contribution in [0.2, 0.25) is 0 Å². The molecule has 0 bridgehead atoms. The number of rotatable bonds is 8. The van der Waals surface area contributed by atoms with Crippen LogP contribution in [0.15, 0.2) is 6.08 Å². The quantitative estimate of drug-likeness (QED) is 0.463. The second-order valence-electron chi connectivity index (χ2n) is 3.10. The van der Waals surface area contributed by atoms with E-state index in [0.29, 0.717) is 19.3 Å². The Labute approximate surface area is 80.7 Å². The number of carbonyl (C=O) groups is 1. The van der Waals surface area contributed by atoms with Crippen molar-refractivity contribution < 1.29 is 9.90 Å². The van der Waals surface area contributed by atoms with Gasteiger partial charge in [-0.15, -0.1) is 0 Å². The van der Waals surface area contributed by atoms with Crippen LogP contribution in [0, 0.1) is 6.08 Å². The van der Waals surface area contributed by atoms with Gasteiger partial charge >= 0.3 is 0 Å². The Hall–Kier alpha value is -0.630. The molecule has 2 nitrogen and oxygen atoms in total. The summed E-state index contributed by atoms with van der Waals surface area (Å²) >= 11 is 0. The third-order valence-electron chi connectivity index (χ3n) is 1.77. The molecule has 0 heterocycles. The molecule has 0 aliphatic carbocycles. The third-order valence-corrected chi connectivity index (χ3v) is 1.77. The number of hydrogen-bond donors (Lipinski definition) is 1. The highest BCUT2D eigenvalue weighted by atomic mass is 16.2. The van der Waals surface area contributed by atoms with Crippen LogP contribution in [0.5, 0.6) is 0 Å². The van der Waals surface area contributed by atoms with E-state index in [1.165, 1.54) is 6.08 Å². The smallest absolute Gasteiger partial charge is 0.155 e. The van der Waals surface area contributed by atoms with Crippen LogP contribution in [0.4, 0.5) is 0 Å². The van der Waals surface area contributed by atoms with Gasteiger partial charge in [-0.2, -0.15) is 0 Å². The van der Waals surface area contributed by atoms with E-state index in [4.69, 9.17) is 5.11 Å². The highest BCUT2D eigenvalue weighted by molar-refractivity contribution is 5.88. The summed E-state index contributed by atoms with van der Waals surface area (Å²) in [5, 5.41) is 8.47. The predicted molar refractivity (Wildman–Crippen MR) is 53.3 cm³/mol. The molecule has 2 heteroatoms. The van der Waals surface area contributed by atoms with Crippen molar-refractivity contribution in [1.82, 2.24) is 0 Å². The highest BCUT2D eigenvalue weighted by Gasteiger charge is 1.94. The third kappa shape index (κ3) is 9.28. The van der Waals surface area contributed by atoms with Crippen LogP contribution < -0.4 is 0 Å². The average Bonchev–Trinajstić information content (AvgIpc) is 2.13. The van der Waals surface area contributed by atoms with Gasteiger partial charge in [-0.05, 0) is 31.4 Å².